The molecule has 0 fully saturated rings. The summed E-state index contributed by atoms with van der Waals surface area (Å²) >= 11 is 0. The summed E-state index contributed by atoms with van der Waals surface area (Å²) in [6.07, 6.45) is 1.54. The lowest BCUT2D eigenvalue weighted by molar-refractivity contribution is -0.141. The van der Waals surface area contributed by atoms with E-state index in [4.69, 9.17) is 14.3 Å². The Morgan fingerprint density at radius 1 is 1.04 bits per heavy atom. The molecular formula is C22H28N2O4. The molecule has 0 bridgehead atoms. The molecule has 2 aromatic carbocycles. The number of methoxy groups -OCH3 is 2. The van der Waals surface area contributed by atoms with Crippen LogP contribution >= 0.6 is 0 Å². The molecule has 0 spiro atoms. The lowest BCUT2D eigenvalue weighted by Gasteiger charge is -2.35. The number of carbonyl (C=O) groups excluding carboxylic acids is 1. The average molecular weight is 384 g/mol. The van der Waals surface area contributed by atoms with E-state index >= 15 is 0 Å². The largest absolute Gasteiger partial charge is 0.493 e. The van der Waals surface area contributed by atoms with Crippen LogP contribution in [0.25, 0.3) is 0 Å². The highest BCUT2D eigenvalue weighted by atomic mass is 16.6. The van der Waals surface area contributed by atoms with E-state index in [-0.39, 0.29) is 18.1 Å². The zero-order chi connectivity index (χ0) is 20.6. The Morgan fingerprint density at radius 2 is 1.71 bits per heavy atom. The molecule has 6 nitrogen and oxygen atoms in total. The van der Waals surface area contributed by atoms with Crippen LogP contribution in [0.5, 0.6) is 11.5 Å². The third-order valence-electron chi connectivity index (χ3n) is 4.17. The second kappa shape index (κ2) is 9.78. The first-order valence-electron chi connectivity index (χ1n) is 9.07. The van der Waals surface area contributed by atoms with Crippen molar-refractivity contribution in [2.75, 3.05) is 20.8 Å². The van der Waals surface area contributed by atoms with E-state index in [2.05, 4.69) is 5.16 Å². The SMILES string of the molecule is COc1ccc(/C=N/OCC(=O)N(Cc2ccccc2)C(C)(C)C)cc1OC. The van der Waals surface area contributed by atoms with Crippen molar-refractivity contribution in [1.29, 1.82) is 0 Å². The van der Waals surface area contributed by atoms with Crippen molar-refractivity contribution >= 4 is 12.1 Å². The van der Waals surface area contributed by atoms with E-state index in [0.717, 1.165) is 11.1 Å². The molecular weight excluding hydrogens is 356 g/mol. The molecule has 0 aliphatic carbocycles. The molecule has 0 N–H and O–H groups in total. The Labute approximate surface area is 166 Å². The van der Waals surface area contributed by atoms with E-state index in [1.807, 2.05) is 57.2 Å². The molecule has 150 valence electrons. The Bertz CT molecular complexity index is 798. The summed E-state index contributed by atoms with van der Waals surface area (Å²) in [6, 6.07) is 15.3. The zero-order valence-electron chi connectivity index (χ0n) is 17.1. The van der Waals surface area contributed by atoms with Gasteiger partial charge in [-0.05, 0) is 44.5 Å². The van der Waals surface area contributed by atoms with Crippen molar-refractivity contribution in [3.8, 4) is 11.5 Å². The molecule has 2 rings (SSSR count). The van der Waals surface area contributed by atoms with Crippen molar-refractivity contribution in [3.63, 3.8) is 0 Å². The zero-order valence-corrected chi connectivity index (χ0v) is 17.1. The summed E-state index contributed by atoms with van der Waals surface area (Å²) < 4.78 is 10.5. The molecule has 0 aliphatic heterocycles. The maximum absolute atomic E-state index is 12.7. The highest BCUT2D eigenvalue weighted by Gasteiger charge is 2.26. The molecule has 0 aromatic heterocycles. The summed E-state index contributed by atoms with van der Waals surface area (Å²) in [5.41, 5.74) is 1.52. The van der Waals surface area contributed by atoms with Crippen molar-refractivity contribution in [3.05, 3.63) is 59.7 Å². The predicted octanol–water partition coefficient (Wildman–Crippen LogP) is 3.88. The average Bonchev–Trinajstić information content (AvgIpc) is 2.69. The van der Waals surface area contributed by atoms with E-state index in [9.17, 15) is 4.79 Å². The molecule has 0 heterocycles. The van der Waals surface area contributed by atoms with Crippen LogP contribution in [0.4, 0.5) is 0 Å². The van der Waals surface area contributed by atoms with E-state index in [1.54, 1.807) is 31.3 Å². The van der Waals surface area contributed by atoms with E-state index in [1.165, 1.54) is 6.21 Å². The quantitative estimate of drug-likeness (QED) is 0.512. The predicted molar refractivity (Wildman–Crippen MR) is 110 cm³/mol. The lowest BCUT2D eigenvalue weighted by atomic mass is 10.0. The van der Waals surface area contributed by atoms with Gasteiger partial charge < -0.3 is 19.2 Å². The van der Waals surface area contributed by atoms with Gasteiger partial charge in [0.25, 0.3) is 5.91 Å². The highest BCUT2D eigenvalue weighted by molar-refractivity contribution is 5.81. The van der Waals surface area contributed by atoms with Crippen LogP contribution < -0.4 is 9.47 Å². The van der Waals surface area contributed by atoms with Gasteiger partial charge in [0.05, 0.1) is 20.4 Å². The highest BCUT2D eigenvalue weighted by Crippen LogP contribution is 2.26. The molecule has 2 aromatic rings. The molecule has 0 radical (unpaired) electrons. The molecule has 28 heavy (non-hydrogen) atoms. The van der Waals surface area contributed by atoms with Crippen molar-refractivity contribution in [1.82, 2.24) is 4.90 Å². The van der Waals surface area contributed by atoms with Crippen LogP contribution in [-0.4, -0.2) is 43.4 Å². The fraction of sp³-hybridized carbons (Fsp3) is 0.364. The summed E-state index contributed by atoms with van der Waals surface area (Å²) in [6.45, 7) is 6.39. The molecule has 0 atom stereocenters. The lowest BCUT2D eigenvalue weighted by Crippen LogP contribution is -2.46. The number of hydrogen-bond acceptors (Lipinski definition) is 5. The number of nitrogens with zero attached hydrogens (tertiary/aromatic N) is 2. The van der Waals surface area contributed by atoms with Crippen molar-refractivity contribution in [2.24, 2.45) is 5.16 Å². The van der Waals surface area contributed by atoms with Gasteiger partial charge in [0, 0.05) is 17.6 Å². The minimum Gasteiger partial charge on any atom is -0.493 e. The smallest absolute Gasteiger partial charge is 0.264 e. The maximum Gasteiger partial charge on any atom is 0.264 e. The number of benzene rings is 2. The van der Waals surface area contributed by atoms with Gasteiger partial charge in [-0.25, -0.2) is 0 Å². The number of amides is 1. The number of ether oxygens (including phenoxy) is 2. The summed E-state index contributed by atoms with van der Waals surface area (Å²) in [7, 11) is 3.15. The molecule has 6 heteroatoms. The van der Waals surface area contributed by atoms with Gasteiger partial charge in [0.15, 0.2) is 18.1 Å². The van der Waals surface area contributed by atoms with Crippen molar-refractivity contribution < 1.29 is 19.1 Å². The minimum absolute atomic E-state index is 0.124. The molecule has 0 saturated carbocycles. The summed E-state index contributed by atoms with van der Waals surface area (Å²) in [5, 5.41) is 3.92. The van der Waals surface area contributed by atoms with Gasteiger partial charge in [-0.3, -0.25) is 4.79 Å². The van der Waals surface area contributed by atoms with E-state index in [0.29, 0.717) is 18.0 Å². The normalized spacial score (nSPS) is 11.3. The second-order valence-corrected chi connectivity index (χ2v) is 7.26. The number of rotatable bonds is 8. The van der Waals surface area contributed by atoms with Gasteiger partial charge in [-0.15, -0.1) is 0 Å². The van der Waals surface area contributed by atoms with Gasteiger partial charge >= 0.3 is 0 Å². The number of carbonyl (C=O) groups is 1. The first kappa shape index (κ1) is 21.3. The molecule has 0 aliphatic rings. The van der Waals surface area contributed by atoms with Crippen LogP contribution in [0.1, 0.15) is 31.9 Å². The molecule has 0 unspecified atom stereocenters. The second-order valence-electron chi connectivity index (χ2n) is 7.26. The van der Waals surface area contributed by atoms with Crippen LogP contribution in [0.3, 0.4) is 0 Å². The first-order chi connectivity index (χ1) is 13.3. The van der Waals surface area contributed by atoms with Gasteiger partial charge in [0.1, 0.15) is 0 Å². The van der Waals surface area contributed by atoms with Crippen LogP contribution in [0, 0.1) is 0 Å². The minimum atomic E-state index is -0.330. The summed E-state index contributed by atoms with van der Waals surface area (Å²) in [4.78, 5) is 19.7. The van der Waals surface area contributed by atoms with Gasteiger partial charge in [0.2, 0.25) is 0 Å². The van der Waals surface area contributed by atoms with E-state index < -0.39 is 0 Å². The first-order valence-corrected chi connectivity index (χ1v) is 9.07. The molecule has 0 saturated heterocycles. The Morgan fingerprint density at radius 3 is 2.32 bits per heavy atom. The van der Waals surface area contributed by atoms with Crippen LogP contribution in [-0.2, 0) is 16.2 Å². The maximum atomic E-state index is 12.7. The number of oxime groups is 1. The standard InChI is InChI=1S/C22H28N2O4/c1-22(2,3)24(15-17-9-7-6-8-10-17)21(25)16-28-23-14-18-11-12-19(26-4)20(13-18)27-5/h6-14H,15-16H2,1-5H3/b23-14+. The Kier molecular flexibility index (Phi) is 7.44. The fourth-order valence-corrected chi connectivity index (χ4v) is 2.67. The number of hydrogen-bond donors (Lipinski definition) is 0. The third kappa shape index (κ3) is 6.01. The summed E-state index contributed by atoms with van der Waals surface area (Å²) in [5.74, 6) is 1.11. The Hall–Kier alpha value is -3.02. The third-order valence-corrected chi connectivity index (χ3v) is 4.17. The van der Waals surface area contributed by atoms with Crippen molar-refractivity contribution in [2.45, 2.75) is 32.9 Å². The monoisotopic (exact) mass is 384 g/mol. The van der Waals surface area contributed by atoms with Gasteiger partial charge in [-0.2, -0.15) is 0 Å². The molecule has 1 amide bonds. The fourth-order valence-electron chi connectivity index (χ4n) is 2.67. The van der Waals surface area contributed by atoms with Gasteiger partial charge in [-0.1, -0.05) is 35.5 Å². The van der Waals surface area contributed by atoms with Crippen LogP contribution in [0.2, 0.25) is 0 Å². The topological polar surface area (TPSA) is 60.4 Å². The Balaban J connectivity index is 1.98. The van der Waals surface area contributed by atoms with Crippen LogP contribution in [0.15, 0.2) is 53.7 Å².